The van der Waals surface area contributed by atoms with Crippen LogP contribution in [0.3, 0.4) is 0 Å². The van der Waals surface area contributed by atoms with Gasteiger partial charge in [-0.15, -0.1) is 0 Å². The molecule has 3 aromatic rings. The summed E-state index contributed by atoms with van der Waals surface area (Å²) in [5, 5.41) is 3.17. The highest BCUT2D eigenvalue weighted by molar-refractivity contribution is 7.68. The molecular weight excluding hydrogens is 445 g/mol. The molecular formula is C31H43BP2. The van der Waals surface area contributed by atoms with Crippen LogP contribution in [0, 0.1) is 6.92 Å². The van der Waals surface area contributed by atoms with Crippen molar-refractivity contribution in [2.45, 2.75) is 84.9 Å². The second kappa shape index (κ2) is 12.0. The number of hydrogen-bond donors (Lipinski definition) is 0. The second-order valence-corrected chi connectivity index (χ2v) is 17.3. The monoisotopic (exact) mass is 488 g/mol. The lowest BCUT2D eigenvalue weighted by Crippen LogP contribution is -2.61. The third-order valence-electron chi connectivity index (χ3n) is 6.78. The SMILES string of the molecule is Cc1ccccc1B(c1ccccc1P(C(C)C)C(C)C)c1ccccc1P(C(C)C)C(C)C. The van der Waals surface area contributed by atoms with E-state index in [9.17, 15) is 0 Å². The lowest BCUT2D eigenvalue weighted by molar-refractivity contribution is 1.02. The fourth-order valence-electron chi connectivity index (χ4n) is 5.65. The van der Waals surface area contributed by atoms with Crippen LogP contribution in [0.25, 0.3) is 0 Å². The Morgan fingerprint density at radius 1 is 0.471 bits per heavy atom. The summed E-state index contributed by atoms with van der Waals surface area (Å²) < 4.78 is 0. The molecule has 0 spiro atoms. The van der Waals surface area contributed by atoms with Crippen LogP contribution in [-0.2, 0) is 0 Å². The zero-order valence-corrected chi connectivity index (χ0v) is 24.5. The molecule has 0 fully saturated rings. The Labute approximate surface area is 212 Å². The number of hydrogen-bond acceptors (Lipinski definition) is 0. The minimum absolute atomic E-state index is 0.262. The van der Waals surface area contributed by atoms with Crippen molar-refractivity contribution in [2.75, 3.05) is 0 Å². The van der Waals surface area contributed by atoms with Gasteiger partial charge in [-0.2, -0.15) is 0 Å². The number of benzene rings is 3. The van der Waals surface area contributed by atoms with E-state index >= 15 is 0 Å². The van der Waals surface area contributed by atoms with E-state index in [0.717, 1.165) is 0 Å². The summed E-state index contributed by atoms with van der Waals surface area (Å²) in [5.41, 5.74) is 8.50. The predicted molar refractivity (Wildman–Crippen MR) is 162 cm³/mol. The zero-order valence-electron chi connectivity index (χ0n) is 22.7. The van der Waals surface area contributed by atoms with Gasteiger partial charge in [-0.05, 0) is 40.2 Å². The van der Waals surface area contributed by atoms with Crippen LogP contribution < -0.4 is 27.0 Å². The van der Waals surface area contributed by atoms with Crippen LogP contribution in [0.1, 0.15) is 61.0 Å². The largest absolute Gasteiger partial charge is 0.243 e. The van der Waals surface area contributed by atoms with Crippen LogP contribution in [0.2, 0.25) is 0 Å². The molecule has 0 aliphatic rings. The average Bonchev–Trinajstić information content (AvgIpc) is 2.76. The third kappa shape index (κ3) is 5.86. The first-order chi connectivity index (χ1) is 16.1. The molecule has 0 atom stereocenters. The summed E-state index contributed by atoms with van der Waals surface area (Å²) in [6.45, 7) is 21.9. The molecule has 0 amide bonds. The Kier molecular flexibility index (Phi) is 9.61. The minimum Gasteiger partial charge on any atom is -0.0706 e. The van der Waals surface area contributed by atoms with Crippen molar-refractivity contribution in [3.8, 4) is 0 Å². The van der Waals surface area contributed by atoms with E-state index in [2.05, 4.69) is 135 Å². The molecule has 0 aromatic heterocycles. The van der Waals surface area contributed by atoms with Gasteiger partial charge in [-0.1, -0.05) is 166 Å². The zero-order chi connectivity index (χ0) is 25.0. The molecule has 3 aromatic carbocycles. The molecule has 0 nitrogen and oxygen atoms in total. The third-order valence-corrected chi connectivity index (χ3v) is 13.2. The van der Waals surface area contributed by atoms with E-state index in [-0.39, 0.29) is 22.6 Å². The molecule has 3 rings (SSSR count). The first-order valence-corrected chi connectivity index (χ1v) is 15.9. The van der Waals surface area contributed by atoms with E-state index < -0.39 is 0 Å². The van der Waals surface area contributed by atoms with Gasteiger partial charge in [0.2, 0.25) is 6.71 Å². The van der Waals surface area contributed by atoms with Gasteiger partial charge in [0.25, 0.3) is 0 Å². The Balaban J connectivity index is 2.37. The van der Waals surface area contributed by atoms with Crippen LogP contribution in [0.4, 0.5) is 0 Å². The second-order valence-electron chi connectivity index (χ2n) is 10.6. The molecule has 0 aliphatic carbocycles. The van der Waals surface area contributed by atoms with Gasteiger partial charge in [0.1, 0.15) is 0 Å². The summed E-state index contributed by atoms with van der Waals surface area (Å²) in [6.07, 6.45) is 0. The quantitative estimate of drug-likeness (QED) is 0.243. The van der Waals surface area contributed by atoms with Crippen molar-refractivity contribution < 1.29 is 0 Å². The number of rotatable bonds is 9. The van der Waals surface area contributed by atoms with Crippen molar-refractivity contribution in [1.29, 1.82) is 0 Å². The minimum atomic E-state index is -0.262. The standard InChI is InChI=1S/C31H43BP2/c1-22(2)33(23(3)4)30-20-14-12-18-28(30)32(27-17-11-10-16-26(27)9)29-19-13-15-21-31(29)34(24(5)6)25(7)8/h10-25H,1-9H3. The fraction of sp³-hybridized carbons (Fsp3) is 0.419. The Hall–Kier alpha value is -1.42. The highest BCUT2D eigenvalue weighted by atomic mass is 31.1. The highest BCUT2D eigenvalue weighted by Gasteiger charge is 2.33. The molecule has 0 heterocycles. The molecule has 0 saturated heterocycles. The van der Waals surface area contributed by atoms with Gasteiger partial charge in [0, 0.05) is 0 Å². The highest BCUT2D eigenvalue weighted by Crippen LogP contribution is 2.45. The van der Waals surface area contributed by atoms with Crippen molar-refractivity contribution >= 4 is 49.6 Å². The summed E-state index contributed by atoms with van der Waals surface area (Å²) in [6, 6.07) is 27.8. The predicted octanol–water partition coefficient (Wildman–Crippen LogP) is 6.36. The molecule has 0 aliphatic heterocycles. The smallest absolute Gasteiger partial charge is 0.0706 e. The molecule has 0 bridgehead atoms. The maximum absolute atomic E-state index is 2.43. The van der Waals surface area contributed by atoms with Crippen molar-refractivity contribution in [3.63, 3.8) is 0 Å². The normalized spacial score (nSPS) is 12.1. The molecule has 3 heteroatoms. The van der Waals surface area contributed by atoms with Gasteiger partial charge in [-0.25, -0.2) is 0 Å². The summed E-state index contributed by atoms with van der Waals surface area (Å²) in [5.74, 6) is 0. The van der Waals surface area contributed by atoms with E-state index in [1.807, 2.05) is 0 Å². The topological polar surface area (TPSA) is 0 Å². The molecule has 0 radical (unpaired) electrons. The van der Waals surface area contributed by atoms with Gasteiger partial charge in [-0.3, -0.25) is 0 Å². The lowest BCUT2D eigenvalue weighted by Gasteiger charge is -2.33. The van der Waals surface area contributed by atoms with E-state index in [0.29, 0.717) is 22.6 Å². The Morgan fingerprint density at radius 2 is 0.794 bits per heavy atom. The van der Waals surface area contributed by atoms with Crippen LogP contribution in [0.15, 0.2) is 72.8 Å². The molecule has 0 unspecified atom stereocenters. The molecule has 0 saturated carbocycles. The molecule has 34 heavy (non-hydrogen) atoms. The summed E-state index contributed by atoms with van der Waals surface area (Å²) in [4.78, 5) is 0. The van der Waals surface area contributed by atoms with Crippen molar-refractivity contribution in [2.24, 2.45) is 0 Å². The van der Waals surface area contributed by atoms with Gasteiger partial charge in [0.15, 0.2) is 0 Å². The molecule has 180 valence electrons. The maximum Gasteiger partial charge on any atom is 0.243 e. The van der Waals surface area contributed by atoms with E-state index in [1.165, 1.54) is 22.0 Å². The Morgan fingerprint density at radius 3 is 1.15 bits per heavy atom. The lowest BCUT2D eigenvalue weighted by atomic mass is 9.36. The maximum atomic E-state index is 2.43. The van der Waals surface area contributed by atoms with Crippen molar-refractivity contribution in [3.05, 3.63) is 78.4 Å². The first kappa shape index (κ1) is 27.2. The van der Waals surface area contributed by atoms with Crippen molar-refractivity contribution in [1.82, 2.24) is 0 Å². The van der Waals surface area contributed by atoms with Crippen LogP contribution in [0.5, 0.6) is 0 Å². The number of aryl methyl sites for hydroxylation is 1. The molecule has 0 N–H and O–H groups in total. The van der Waals surface area contributed by atoms with E-state index in [1.54, 1.807) is 10.6 Å². The van der Waals surface area contributed by atoms with Crippen LogP contribution in [-0.4, -0.2) is 29.3 Å². The van der Waals surface area contributed by atoms with Gasteiger partial charge >= 0.3 is 0 Å². The van der Waals surface area contributed by atoms with Crippen LogP contribution >= 0.6 is 15.8 Å². The first-order valence-electron chi connectivity index (χ1n) is 12.9. The van der Waals surface area contributed by atoms with Gasteiger partial charge in [0.05, 0.1) is 0 Å². The Bertz CT molecular complexity index is 991. The van der Waals surface area contributed by atoms with Gasteiger partial charge < -0.3 is 0 Å². The fourth-order valence-corrected chi connectivity index (χ4v) is 11.8. The summed E-state index contributed by atoms with van der Waals surface area (Å²) >= 11 is 0. The van der Waals surface area contributed by atoms with E-state index in [4.69, 9.17) is 0 Å². The average molecular weight is 488 g/mol. The summed E-state index contributed by atoms with van der Waals surface area (Å²) in [7, 11) is -0.524.